The number of halogens is 1. The molecule has 19 heavy (non-hydrogen) atoms. The molecule has 1 saturated heterocycles. The highest BCUT2D eigenvalue weighted by atomic mass is 19.1. The van der Waals surface area contributed by atoms with Gasteiger partial charge in [0, 0.05) is 31.9 Å². The topological polar surface area (TPSA) is 35.6 Å². The van der Waals surface area contributed by atoms with Crippen LogP contribution in [0, 0.1) is 5.82 Å². The van der Waals surface area contributed by atoms with Crippen molar-refractivity contribution in [2.75, 3.05) is 44.7 Å². The van der Waals surface area contributed by atoms with Crippen molar-refractivity contribution in [2.24, 2.45) is 0 Å². The van der Waals surface area contributed by atoms with E-state index in [0.717, 1.165) is 56.8 Å². The minimum Gasteiger partial charge on any atom is -0.368 e. The van der Waals surface area contributed by atoms with E-state index in [1.165, 1.54) is 6.07 Å². The van der Waals surface area contributed by atoms with Crippen LogP contribution in [0.4, 0.5) is 10.1 Å². The molecule has 0 spiro atoms. The smallest absolute Gasteiger partial charge is 0.209 e. The van der Waals surface area contributed by atoms with Crippen LogP contribution < -0.4 is 10.2 Å². The van der Waals surface area contributed by atoms with Crippen molar-refractivity contribution in [2.45, 2.75) is 6.42 Å². The molecule has 5 heteroatoms. The summed E-state index contributed by atoms with van der Waals surface area (Å²) in [4.78, 5) is 14.7. The first kappa shape index (κ1) is 13.8. The summed E-state index contributed by atoms with van der Waals surface area (Å²) >= 11 is 0. The van der Waals surface area contributed by atoms with Gasteiger partial charge in [-0.3, -0.25) is 4.79 Å². The van der Waals surface area contributed by atoms with Gasteiger partial charge < -0.3 is 15.1 Å². The molecule has 1 N–H and O–H groups in total. The maximum absolute atomic E-state index is 13.4. The van der Waals surface area contributed by atoms with E-state index in [-0.39, 0.29) is 5.82 Å². The fourth-order valence-electron chi connectivity index (χ4n) is 2.39. The van der Waals surface area contributed by atoms with Crippen LogP contribution in [-0.4, -0.2) is 51.1 Å². The molecule has 0 aliphatic carbocycles. The average Bonchev–Trinajstić information content (AvgIpc) is 2.45. The number of likely N-dealkylation sites (N-methyl/N-ethyl adjacent to an activating group) is 1. The summed E-state index contributed by atoms with van der Waals surface area (Å²) in [7, 11) is 1.89. The quantitative estimate of drug-likeness (QED) is 0.802. The predicted octanol–water partition coefficient (Wildman–Crippen LogP) is 0.866. The number of hydrogen-bond donors (Lipinski definition) is 1. The van der Waals surface area contributed by atoms with Gasteiger partial charge in [-0.2, -0.15) is 0 Å². The third kappa shape index (κ3) is 3.44. The van der Waals surface area contributed by atoms with Crippen molar-refractivity contribution in [3.63, 3.8) is 0 Å². The Morgan fingerprint density at radius 1 is 1.32 bits per heavy atom. The summed E-state index contributed by atoms with van der Waals surface area (Å²) in [5.41, 5.74) is 2.11. The molecule has 0 unspecified atom stereocenters. The van der Waals surface area contributed by atoms with Crippen LogP contribution >= 0.6 is 0 Å². The van der Waals surface area contributed by atoms with Gasteiger partial charge in [0.25, 0.3) is 0 Å². The van der Waals surface area contributed by atoms with E-state index < -0.39 is 0 Å². The number of nitrogens with zero attached hydrogens (tertiary/aromatic N) is 2. The van der Waals surface area contributed by atoms with Crippen LogP contribution in [-0.2, 0) is 11.2 Å². The molecule has 0 bridgehead atoms. The lowest BCUT2D eigenvalue weighted by atomic mass is 10.1. The van der Waals surface area contributed by atoms with Crippen molar-refractivity contribution in [3.05, 3.63) is 29.6 Å². The monoisotopic (exact) mass is 265 g/mol. The Labute approximate surface area is 113 Å². The van der Waals surface area contributed by atoms with Crippen molar-refractivity contribution >= 4 is 12.1 Å². The van der Waals surface area contributed by atoms with E-state index in [9.17, 15) is 9.18 Å². The highest BCUT2D eigenvalue weighted by Crippen LogP contribution is 2.23. The van der Waals surface area contributed by atoms with Gasteiger partial charge in [-0.25, -0.2) is 4.39 Å². The number of benzene rings is 1. The highest BCUT2D eigenvalue weighted by Gasteiger charge is 2.18. The van der Waals surface area contributed by atoms with E-state index in [0.29, 0.717) is 0 Å². The molecule has 1 aromatic rings. The predicted molar refractivity (Wildman–Crippen MR) is 73.9 cm³/mol. The van der Waals surface area contributed by atoms with Gasteiger partial charge >= 0.3 is 0 Å². The zero-order chi connectivity index (χ0) is 13.7. The lowest BCUT2D eigenvalue weighted by molar-refractivity contribution is -0.118. The second kappa shape index (κ2) is 6.52. The fourth-order valence-corrected chi connectivity index (χ4v) is 2.39. The summed E-state index contributed by atoms with van der Waals surface area (Å²) in [6.45, 7) is 3.89. The van der Waals surface area contributed by atoms with E-state index in [1.807, 2.05) is 13.1 Å². The standard InChI is InChI=1S/C14H20FN3O/c1-16-5-4-12-10-13(15)2-3-14(12)18-8-6-17(11-19)7-9-18/h2-3,10-11,16H,4-9H2,1H3. The fraction of sp³-hybridized carbons (Fsp3) is 0.500. The van der Waals surface area contributed by atoms with Crippen LogP contribution in [0.1, 0.15) is 5.56 Å². The molecule has 1 aliphatic heterocycles. The molecule has 1 aromatic carbocycles. The second-order valence-electron chi connectivity index (χ2n) is 4.76. The van der Waals surface area contributed by atoms with Gasteiger partial charge in [0.1, 0.15) is 5.82 Å². The van der Waals surface area contributed by atoms with Gasteiger partial charge in [0.15, 0.2) is 0 Å². The molecule has 1 fully saturated rings. The SMILES string of the molecule is CNCCc1cc(F)ccc1N1CCN(C=O)CC1. The van der Waals surface area contributed by atoms with Crippen molar-refractivity contribution in [1.82, 2.24) is 10.2 Å². The molecule has 0 aromatic heterocycles. The minimum absolute atomic E-state index is 0.193. The number of nitrogens with one attached hydrogen (secondary N) is 1. The first-order valence-corrected chi connectivity index (χ1v) is 6.62. The number of carbonyl (C=O) groups is 1. The van der Waals surface area contributed by atoms with E-state index in [4.69, 9.17) is 0 Å². The minimum atomic E-state index is -0.193. The number of rotatable bonds is 5. The molecular formula is C14H20FN3O. The molecule has 1 heterocycles. The number of anilines is 1. The summed E-state index contributed by atoms with van der Waals surface area (Å²) in [6, 6.07) is 4.96. The summed E-state index contributed by atoms with van der Waals surface area (Å²) in [6.07, 6.45) is 1.70. The lowest BCUT2D eigenvalue weighted by Gasteiger charge is -2.35. The van der Waals surface area contributed by atoms with Crippen molar-refractivity contribution in [3.8, 4) is 0 Å². The van der Waals surface area contributed by atoms with Gasteiger partial charge in [0.2, 0.25) is 6.41 Å². The summed E-state index contributed by atoms with van der Waals surface area (Å²) in [5, 5.41) is 3.09. The van der Waals surface area contributed by atoms with Gasteiger partial charge in [-0.05, 0) is 43.8 Å². The van der Waals surface area contributed by atoms with Crippen molar-refractivity contribution in [1.29, 1.82) is 0 Å². The first-order valence-electron chi connectivity index (χ1n) is 6.62. The highest BCUT2D eigenvalue weighted by molar-refractivity contribution is 5.56. The molecule has 0 atom stereocenters. The Morgan fingerprint density at radius 3 is 2.68 bits per heavy atom. The molecule has 0 radical (unpaired) electrons. The van der Waals surface area contributed by atoms with Crippen LogP contribution in [0.25, 0.3) is 0 Å². The number of amides is 1. The molecule has 1 aliphatic rings. The third-order valence-electron chi connectivity index (χ3n) is 3.49. The summed E-state index contributed by atoms with van der Waals surface area (Å²) in [5.74, 6) is -0.193. The lowest BCUT2D eigenvalue weighted by Crippen LogP contribution is -2.46. The molecule has 104 valence electrons. The Morgan fingerprint density at radius 2 is 2.05 bits per heavy atom. The Kier molecular flexibility index (Phi) is 4.74. The Hall–Kier alpha value is -1.62. The zero-order valence-electron chi connectivity index (χ0n) is 11.2. The number of carbonyl (C=O) groups excluding carboxylic acids is 1. The Bertz CT molecular complexity index is 431. The molecule has 4 nitrogen and oxygen atoms in total. The maximum atomic E-state index is 13.4. The van der Waals surface area contributed by atoms with Crippen LogP contribution in [0.2, 0.25) is 0 Å². The van der Waals surface area contributed by atoms with Crippen molar-refractivity contribution < 1.29 is 9.18 Å². The molecular weight excluding hydrogens is 245 g/mol. The van der Waals surface area contributed by atoms with Crippen LogP contribution in [0.3, 0.4) is 0 Å². The van der Waals surface area contributed by atoms with E-state index >= 15 is 0 Å². The van der Waals surface area contributed by atoms with Crippen LogP contribution in [0.5, 0.6) is 0 Å². The van der Waals surface area contributed by atoms with Gasteiger partial charge in [-0.1, -0.05) is 0 Å². The van der Waals surface area contributed by atoms with Crippen LogP contribution in [0.15, 0.2) is 18.2 Å². The van der Waals surface area contributed by atoms with E-state index in [1.54, 1.807) is 11.0 Å². The largest absolute Gasteiger partial charge is 0.368 e. The average molecular weight is 265 g/mol. The number of hydrogen-bond acceptors (Lipinski definition) is 3. The second-order valence-corrected chi connectivity index (χ2v) is 4.76. The number of piperazine rings is 1. The van der Waals surface area contributed by atoms with E-state index in [2.05, 4.69) is 10.2 Å². The first-order chi connectivity index (χ1) is 9.24. The molecule has 1 amide bonds. The molecule has 2 rings (SSSR count). The maximum Gasteiger partial charge on any atom is 0.209 e. The summed E-state index contributed by atoms with van der Waals surface area (Å²) < 4.78 is 13.4. The van der Waals surface area contributed by atoms with Gasteiger partial charge in [0.05, 0.1) is 0 Å². The Balaban J connectivity index is 2.12. The van der Waals surface area contributed by atoms with Gasteiger partial charge in [-0.15, -0.1) is 0 Å². The zero-order valence-corrected chi connectivity index (χ0v) is 11.2. The normalized spacial score (nSPS) is 15.7. The molecule has 0 saturated carbocycles. The third-order valence-corrected chi connectivity index (χ3v) is 3.49.